The monoisotopic (exact) mass is 392 g/mol. The van der Waals surface area contributed by atoms with E-state index in [9.17, 15) is 9.59 Å². The van der Waals surface area contributed by atoms with Gasteiger partial charge in [0.1, 0.15) is 5.75 Å². The summed E-state index contributed by atoms with van der Waals surface area (Å²) in [6.07, 6.45) is 0. The Bertz CT molecular complexity index is 713. The third-order valence-electron chi connectivity index (χ3n) is 4.59. The number of benzene rings is 1. The molecule has 146 valence electrons. The number of carbonyl (C=O) groups excluding carboxylic acids is 2. The summed E-state index contributed by atoms with van der Waals surface area (Å²) >= 11 is 1.23. The maximum Gasteiger partial charge on any atom is 0.268 e. The van der Waals surface area contributed by atoms with E-state index in [4.69, 9.17) is 14.6 Å². The van der Waals surface area contributed by atoms with Crippen LogP contribution in [0.4, 0.5) is 0 Å². The van der Waals surface area contributed by atoms with Crippen molar-refractivity contribution in [3.63, 3.8) is 0 Å². The molecular weight excluding hydrogens is 368 g/mol. The number of imide groups is 1. The van der Waals surface area contributed by atoms with Crippen LogP contribution in [0.1, 0.15) is 5.56 Å². The summed E-state index contributed by atoms with van der Waals surface area (Å²) in [6.45, 7) is 3.89. The molecule has 0 spiro atoms. The molecule has 7 nitrogen and oxygen atoms in total. The van der Waals surface area contributed by atoms with Crippen LogP contribution in [0.2, 0.25) is 0 Å². The molecule has 27 heavy (non-hydrogen) atoms. The van der Waals surface area contributed by atoms with Crippen molar-refractivity contribution in [3.05, 3.63) is 34.7 Å². The van der Waals surface area contributed by atoms with E-state index < -0.39 is 0 Å². The SMILES string of the molecule is COc1ccc(C2=C(SCCO)C(=O)N(CCN3CCOCC3)C2=O)cc1. The molecular formula is C19H24N2O5S. The first-order valence-electron chi connectivity index (χ1n) is 8.94. The van der Waals surface area contributed by atoms with Gasteiger partial charge in [-0.3, -0.25) is 19.4 Å². The Morgan fingerprint density at radius 1 is 1.11 bits per heavy atom. The van der Waals surface area contributed by atoms with Crippen LogP contribution in [0.15, 0.2) is 29.2 Å². The van der Waals surface area contributed by atoms with E-state index in [1.165, 1.54) is 16.7 Å². The van der Waals surface area contributed by atoms with E-state index >= 15 is 0 Å². The minimum absolute atomic E-state index is 0.0562. The van der Waals surface area contributed by atoms with Crippen LogP contribution in [-0.4, -0.2) is 85.6 Å². The molecule has 8 heteroatoms. The summed E-state index contributed by atoms with van der Waals surface area (Å²) in [5, 5.41) is 9.16. The fourth-order valence-electron chi connectivity index (χ4n) is 3.12. The summed E-state index contributed by atoms with van der Waals surface area (Å²) in [6, 6.07) is 7.10. The van der Waals surface area contributed by atoms with Gasteiger partial charge >= 0.3 is 0 Å². The average molecular weight is 392 g/mol. The minimum Gasteiger partial charge on any atom is -0.497 e. The molecule has 1 N–H and O–H groups in total. The molecule has 2 heterocycles. The summed E-state index contributed by atoms with van der Waals surface area (Å²) in [7, 11) is 1.58. The van der Waals surface area contributed by atoms with Crippen LogP contribution in [0.5, 0.6) is 5.75 Å². The van der Waals surface area contributed by atoms with Gasteiger partial charge in [0, 0.05) is 31.9 Å². The first kappa shape index (κ1) is 19.9. The fraction of sp³-hybridized carbons (Fsp3) is 0.474. The normalized spacial score (nSPS) is 18.5. The number of hydrogen-bond acceptors (Lipinski definition) is 7. The first-order chi connectivity index (χ1) is 13.2. The zero-order valence-electron chi connectivity index (χ0n) is 15.3. The zero-order valence-corrected chi connectivity index (χ0v) is 16.2. The minimum atomic E-state index is -0.280. The molecule has 0 unspecified atom stereocenters. The molecule has 1 fully saturated rings. The standard InChI is InChI=1S/C19H24N2O5S/c1-25-15-4-2-14(3-5-15)16-17(27-13-10-22)19(24)21(18(16)23)7-6-20-8-11-26-12-9-20/h2-5,22H,6-13H2,1H3. The lowest BCUT2D eigenvalue weighted by molar-refractivity contribution is -0.136. The van der Waals surface area contributed by atoms with Gasteiger partial charge in [-0.25, -0.2) is 0 Å². The molecule has 1 saturated heterocycles. The average Bonchev–Trinajstić information content (AvgIpc) is 2.95. The molecule has 0 bridgehead atoms. The van der Waals surface area contributed by atoms with E-state index in [-0.39, 0.29) is 18.4 Å². The first-order valence-corrected chi connectivity index (χ1v) is 9.93. The van der Waals surface area contributed by atoms with E-state index in [1.54, 1.807) is 31.4 Å². The Morgan fingerprint density at radius 3 is 2.44 bits per heavy atom. The second-order valence-electron chi connectivity index (χ2n) is 6.22. The van der Waals surface area contributed by atoms with Crippen LogP contribution in [0, 0.1) is 0 Å². The lowest BCUT2D eigenvalue weighted by Gasteiger charge is -2.28. The predicted molar refractivity (Wildman–Crippen MR) is 103 cm³/mol. The Balaban J connectivity index is 1.79. The lowest BCUT2D eigenvalue weighted by Crippen LogP contribution is -2.43. The summed E-state index contributed by atoms with van der Waals surface area (Å²) < 4.78 is 10.5. The van der Waals surface area contributed by atoms with E-state index in [2.05, 4.69) is 4.90 Å². The molecule has 2 aliphatic heterocycles. The van der Waals surface area contributed by atoms with Gasteiger partial charge in [0.25, 0.3) is 11.8 Å². The Kier molecular flexibility index (Phi) is 6.89. The third-order valence-corrected chi connectivity index (χ3v) is 5.64. The maximum absolute atomic E-state index is 13.0. The van der Waals surface area contributed by atoms with Crippen LogP contribution in [0.25, 0.3) is 5.57 Å². The van der Waals surface area contributed by atoms with Crippen molar-refractivity contribution >= 4 is 29.1 Å². The summed E-state index contributed by atoms with van der Waals surface area (Å²) in [5.41, 5.74) is 1.09. The van der Waals surface area contributed by atoms with Crippen molar-refractivity contribution in [2.45, 2.75) is 0 Å². The molecule has 0 radical (unpaired) electrons. The molecule has 2 amide bonds. The number of nitrogens with zero attached hydrogens (tertiary/aromatic N) is 2. The number of morpholine rings is 1. The van der Waals surface area contributed by atoms with Crippen molar-refractivity contribution in [1.29, 1.82) is 0 Å². The number of aliphatic hydroxyl groups is 1. The van der Waals surface area contributed by atoms with E-state index in [0.29, 0.717) is 53.8 Å². The highest BCUT2D eigenvalue weighted by Crippen LogP contribution is 2.36. The van der Waals surface area contributed by atoms with Gasteiger partial charge in [0.05, 0.1) is 37.4 Å². The van der Waals surface area contributed by atoms with E-state index in [1.807, 2.05) is 0 Å². The second-order valence-corrected chi connectivity index (χ2v) is 7.33. The van der Waals surface area contributed by atoms with E-state index in [0.717, 1.165) is 13.1 Å². The molecule has 3 rings (SSSR count). The van der Waals surface area contributed by atoms with Gasteiger partial charge in [0.15, 0.2) is 0 Å². The van der Waals surface area contributed by atoms with Crippen molar-refractivity contribution in [3.8, 4) is 5.75 Å². The Hall–Kier alpha value is -1.87. The number of amides is 2. The van der Waals surface area contributed by atoms with Gasteiger partial charge in [-0.1, -0.05) is 12.1 Å². The molecule has 0 saturated carbocycles. The largest absolute Gasteiger partial charge is 0.497 e. The predicted octanol–water partition coefficient (Wildman–Crippen LogP) is 0.833. The topological polar surface area (TPSA) is 79.3 Å². The van der Waals surface area contributed by atoms with Crippen LogP contribution >= 0.6 is 11.8 Å². The zero-order chi connectivity index (χ0) is 19.2. The fourth-order valence-corrected chi connectivity index (χ4v) is 4.00. The molecule has 0 atom stereocenters. The van der Waals surface area contributed by atoms with Gasteiger partial charge < -0.3 is 14.6 Å². The number of rotatable bonds is 8. The van der Waals surface area contributed by atoms with Gasteiger partial charge in [-0.2, -0.15) is 0 Å². The summed E-state index contributed by atoms with van der Waals surface area (Å²) in [4.78, 5) is 29.8. The smallest absolute Gasteiger partial charge is 0.268 e. The molecule has 2 aliphatic rings. The molecule has 1 aromatic rings. The highest BCUT2D eigenvalue weighted by Gasteiger charge is 2.39. The highest BCUT2D eigenvalue weighted by atomic mass is 32.2. The van der Waals surface area contributed by atoms with Crippen LogP contribution in [0.3, 0.4) is 0 Å². The van der Waals surface area contributed by atoms with Gasteiger partial charge in [-0.05, 0) is 17.7 Å². The van der Waals surface area contributed by atoms with Crippen LogP contribution < -0.4 is 4.74 Å². The number of hydrogen-bond donors (Lipinski definition) is 1. The Morgan fingerprint density at radius 2 is 1.81 bits per heavy atom. The van der Waals surface area contributed by atoms with Gasteiger partial charge in [-0.15, -0.1) is 11.8 Å². The maximum atomic E-state index is 13.0. The van der Waals surface area contributed by atoms with Crippen molar-refractivity contribution in [1.82, 2.24) is 9.80 Å². The molecule has 0 aromatic heterocycles. The number of carbonyl (C=O) groups is 2. The number of thioether (sulfide) groups is 1. The van der Waals surface area contributed by atoms with Crippen molar-refractivity contribution in [2.75, 3.05) is 58.9 Å². The third kappa shape index (κ3) is 4.52. The van der Waals surface area contributed by atoms with Crippen LogP contribution in [-0.2, 0) is 14.3 Å². The van der Waals surface area contributed by atoms with Crippen molar-refractivity contribution < 1.29 is 24.2 Å². The lowest BCUT2D eigenvalue weighted by atomic mass is 10.1. The Labute approximate surface area is 162 Å². The quantitative estimate of drug-likeness (QED) is 0.657. The number of ether oxygens (including phenoxy) is 2. The number of aliphatic hydroxyl groups excluding tert-OH is 1. The van der Waals surface area contributed by atoms with Crippen molar-refractivity contribution in [2.24, 2.45) is 0 Å². The molecule has 1 aromatic carbocycles. The number of methoxy groups -OCH3 is 1. The summed E-state index contributed by atoms with van der Waals surface area (Å²) in [5.74, 6) is 0.493. The molecule has 0 aliphatic carbocycles. The second kappa shape index (κ2) is 9.36. The van der Waals surface area contributed by atoms with Gasteiger partial charge in [0.2, 0.25) is 0 Å². The highest BCUT2D eigenvalue weighted by molar-refractivity contribution is 8.04.